The van der Waals surface area contributed by atoms with Gasteiger partial charge in [0.1, 0.15) is 5.82 Å². The predicted octanol–water partition coefficient (Wildman–Crippen LogP) is 4.39. The van der Waals surface area contributed by atoms with Crippen molar-refractivity contribution < 1.29 is 9.13 Å². The first-order valence-electron chi connectivity index (χ1n) is 8.70. The molecule has 0 fully saturated rings. The van der Waals surface area contributed by atoms with E-state index in [0.717, 1.165) is 33.3 Å². The number of ether oxygens (including phenoxy) is 1. The molecule has 0 radical (unpaired) electrons. The van der Waals surface area contributed by atoms with E-state index in [-0.39, 0.29) is 11.9 Å². The lowest BCUT2D eigenvalue weighted by molar-refractivity contribution is 0.116. The summed E-state index contributed by atoms with van der Waals surface area (Å²) < 4.78 is 20.6. The van der Waals surface area contributed by atoms with Crippen LogP contribution in [0.3, 0.4) is 0 Å². The van der Waals surface area contributed by atoms with Gasteiger partial charge in [0.2, 0.25) is 0 Å². The molecule has 0 aliphatic heterocycles. The highest BCUT2D eigenvalue weighted by Crippen LogP contribution is 2.31. The van der Waals surface area contributed by atoms with Crippen LogP contribution in [0.4, 0.5) is 4.39 Å². The Kier molecular flexibility index (Phi) is 4.64. The molecule has 2 heterocycles. The SMILES string of the molecule is COC(C)c1cc(-c2ccc(F)cc2)c2ccc(Cn3ccnn3)cc2n1. The fraction of sp³-hybridized carbons (Fsp3) is 0.190. The van der Waals surface area contributed by atoms with E-state index in [1.807, 2.05) is 19.2 Å². The van der Waals surface area contributed by atoms with Crippen LogP contribution in [0, 0.1) is 5.82 Å². The molecule has 0 bridgehead atoms. The van der Waals surface area contributed by atoms with E-state index >= 15 is 0 Å². The Bertz CT molecular complexity index is 1060. The van der Waals surface area contributed by atoms with Crippen LogP contribution in [-0.2, 0) is 11.3 Å². The molecule has 0 saturated heterocycles. The monoisotopic (exact) mass is 362 g/mol. The van der Waals surface area contributed by atoms with Crippen LogP contribution >= 0.6 is 0 Å². The second-order valence-corrected chi connectivity index (χ2v) is 6.43. The van der Waals surface area contributed by atoms with Crippen LogP contribution < -0.4 is 0 Å². The Morgan fingerprint density at radius 1 is 1.11 bits per heavy atom. The molecule has 0 aliphatic carbocycles. The summed E-state index contributed by atoms with van der Waals surface area (Å²) >= 11 is 0. The van der Waals surface area contributed by atoms with Gasteiger partial charge in [0.25, 0.3) is 0 Å². The van der Waals surface area contributed by atoms with E-state index in [2.05, 4.69) is 28.5 Å². The number of benzene rings is 2. The van der Waals surface area contributed by atoms with Gasteiger partial charge in [0, 0.05) is 18.7 Å². The third-order valence-electron chi connectivity index (χ3n) is 4.64. The fourth-order valence-corrected chi connectivity index (χ4v) is 3.09. The van der Waals surface area contributed by atoms with Gasteiger partial charge in [0.05, 0.1) is 30.1 Å². The molecule has 0 aliphatic rings. The maximum absolute atomic E-state index is 13.4. The topological polar surface area (TPSA) is 52.8 Å². The lowest BCUT2D eigenvalue weighted by Crippen LogP contribution is -2.03. The van der Waals surface area contributed by atoms with Crippen molar-refractivity contribution in [3.05, 3.63) is 78.0 Å². The largest absolute Gasteiger partial charge is 0.375 e. The average Bonchev–Trinajstić information content (AvgIpc) is 3.20. The Balaban J connectivity index is 1.86. The predicted molar refractivity (Wildman–Crippen MR) is 102 cm³/mol. The Morgan fingerprint density at radius 2 is 1.93 bits per heavy atom. The van der Waals surface area contributed by atoms with Crippen LogP contribution in [0.1, 0.15) is 24.3 Å². The van der Waals surface area contributed by atoms with E-state index in [1.165, 1.54) is 12.1 Å². The van der Waals surface area contributed by atoms with Gasteiger partial charge >= 0.3 is 0 Å². The van der Waals surface area contributed by atoms with E-state index < -0.39 is 0 Å². The van der Waals surface area contributed by atoms with Crippen LogP contribution in [0.5, 0.6) is 0 Å². The molecule has 0 saturated carbocycles. The van der Waals surface area contributed by atoms with E-state index in [9.17, 15) is 4.39 Å². The lowest BCUT2D eigenvalue weighted by atomic mass is 9.98. The minimum atomic E-state index is -0.252. The molecule has 0 spiro atoms. The molecule has 6 heteroatoms. The van der Waals surface area contributed by atoms with Crippen LogP contribution in [0.25, 0.3) is 22.0 Å². The number of rotatable bonds is 5. The van der Waals surface area contributed by atoms with Crippen molar-refractivity contribution >= 4 is 10.9 Å². The highest BCUT2D eigenvalue weighted by Gasteiger charge is 2.13. The molecule has 0 amide bonds. The average molecular weight is 362 g/mol. The quantitative estimate of drug-likeness (QED) is 0.528. The molecule has 2 aromatic carbocycles. The van der Waals surface area contributed by atoms with E-state index in [4.69, 9.17) is 9.72 Å². The Morgan fingerprint density at radius 3 is 2.63 bits per heavy atom. The van der Waals surface area contributed by atoms with Crippen molar-refractivity contribution in [2.75, 3.05) is 7.11 Å². The van der Waals surface area contributed by atoms with Crippen molar-refractivity contribution in [1.82, 2.24) is 20.0 Å². The lowest BCUT2D eigenvalue weighted by Gasteiger charge is -2.15. The summed E-state index contributed by atoms with van der Waals surface area (Å²) in [5.41, 5.74) is 4.73. The Hall–Kier alpha value is -3.12. The maximum atomic E-state index is 13.4. The molecule has 1 unspecified atom stereocenters. The summed E-state index contributed by atoms with van der Waals surface area (Å²) in [5, 5.41) is 8.87. The molecule has 5 nitrogen and oxygen atoms in total. The minimum absolute atomic E-state index is 0.146. The Labute approximate surface area is 156 Å². The smallest absolute Gasteiger partial charge is 0.123 e. The number of hydrogen-bond donors (Lipinski definition) is 0. The van der Waals surface area contributed by atoms with Gasteiger partial charge in [0.15, 0.2) is 0 Å². The number of nitrogens with zero attached hydrogens (tertiary/aromatic N) is 4. The first-order valence-corrected chi connectivity index (χ1v) is 8.70. The normalized spacial score (nSPS) is 12.4. The minimum Gasteiger partial charge on any atom is -0.375 e. The van der Waals surface area contributed by atoms with Crippen molar-refractivity contribution in [3.8, 4) is 11.1 Å². The highest BCUT2D eigenvalue weighted by molar-refractivity contribution is 5.95. The van der Waals surface area contributed by atoms with Crippen molar-refractivity contribution in [1.29, 1.82) is 0 Å². The molecule has 4 aromatic rings. The fourth-order valence-electron chi connectivity index (χ4n) is 3.09. The summed E-state index contributed by atoms with van der Waals surface area (Å²) in [7, 11) is 1.66. The summed E-state index contributed by atoms with van der Waals surface area (Å²) in [6.07, 6.45) is 3.34. The molecular weight excluding hydrogens is 343 g/mol. The molecule has 2 aromatic heterocycles. The number of fused-ring (bicyclic) bond motifs is 1. The van der Waals surface area contributed by atoms with Crippen molar-refractivity contribution in [2.45, 2.75) is 19.6 Å². The number of methoxy groups -OCH3 is 1. The number of pyridine rings is 1. The van der Waals surface area contributed by atoms with Crippen molar-refractivity contribution in [3.63, 3.8) is 0 Å². The van der Waals surface area contributed by atoms with Gasteiger partial charge in [-0.25, -0.2) is 9.07 Å². The van der Waals surface area contributed by atoms with Gasteiger partial charge in [-0.1, -0.05) is 29.5 Å². The maximum Gasteiger partial charge on any atom is 0.123 e. The third-order valence-corrected chi connectivity index (χ3v) is 4.64. The first kappa shape index (κ1) is 17.3. The summed E-state index contributed by atoms with van der Waals surface area (Å²) in [6, 6.07) is 14.7. The van der Waals surface area contributed by atoms with Gasteiger partial charge in [-0.2, -0.15) is 0 Å². The van der Waals surface area contributed by atoms with Crippen LogP contribution in [0.2, 0.25) is 0 Å². The summed E-state index contributed by atoms with van der Waals surface area (Å²) in [6.45, 7) is 2.58. The van der Waals surface area contributed by atoms with Gasteiger partial charge < -0.3 is 4.74 Å². The van der Waals surface area contributed by atoms with Gasteiger partial charge in [-0.3, -0.25) is 4.98 Å². The molecule has 136 valence electrons. The van der Waals surface area contributed by atoms with Gasteiger partial charge in [-0.15, -0.1) is 5.10 Å². The molecule has 0 N–H and O–H groups in total. The van der Waals surface area contributed by atoms with Crippen molar-refractivity contribution in [2.24, 2.45) is 0 Å². The molecule has 27 heavy (non-hydrogen) atoms. The summed E-state index contributed by atoms with van der Waals surface area (Å²) in [5.74, 6) is -0.252. The van der Waals surface area contributed by atoms with Gasteiger partial charge in [-0.05, 0) is 47.9 Å². The van der Waals surface area contributed by atoms with E-state index in [0.29, 0.717) is 6.54 Å². The zero-order chi connectivity index (χ0) is 18.8. The second kappa shape index (κ2) is 7.25. The third kappa shape index (κ3) is 3.57. The second-order valence-electron chi connectivity index (χ2n) is 6.43. The molecular formula is C21H19FN4O. The zero-order valence-corrected chi connectivity index (χ0v) is 15.1. The number of hydrogen-bond acceptors (Lipinski definition) is 4. The molecule has 4 rings (SSSR count). The zero-order valence-electron chi connectivity index (χ0n) is 15.1. The highest BCUT2D eigenvalue weighted by atomic mass is 19.1. The standard InChI is InChI=1S/C21H19FN4O/c1-14(27-2)20-12-19(16-4-6-17(22)7-5-16)18-8-3-15(11-21(18)24-20)13-26-10-9-23-25-26/h3-12,14H,13H2,1-2H3. The first-order chi connectivity index (χ1) is 13.1. The summed E-state index contributed by atoms with van der Waals surface area (Å²) in [4.78, 5) is 4.80. The number of halogens is 1. The van der Waals surface area contributed by atoms with Crippen LogP contribution in [0.15, 0.2) is 60.9 Å². The number of aromatic nitrogens is 4. The van der Waals surface area contributed by atoms with Crippen LogP contribution in [-0.4, -0.2) is 27.1 Å². The molecule has 1 atom stereocenters. The van der Waals surface area contributed by atoms with E-state index in [1.54, 1.807) is 30.1 Å².